The maximum atomic E-state index is 15.0. The number of carbonyl (C=O) groups is 1. The minimum Gasteiger partial charge on any atom is -0.481 e. The van der Waals surface area contributed by atoms with Crippen molar-refractivity contribution in [3.63, 3.8) is 0 Å². The van der Waals surface area contributed by atoms with E-state index in [0.717, 1.165) is 11.8 Å². The number of H-pyrrole nitrogens is 1. The van der Waals surface area contributed by atoms with Gasteiger partial charge in [0.1, 0.15) is 11.6 Å². The highest BCUT2D eigenvalue weighted by Gasteiger charge is 2.42. The van der Waals surface area contributed by atoms with Crippen molar-refractivity contribution in [1.82, 2.24) is 20.1 Å². The SMILES string of the molecule is Cc1cc(Nc2cc(C)c(F)c(CC3(C(=O)O)CCN(CCc4cccc(F)c4F)CC3)n2)n[nH]1. The van der Waals surface area contributed by atoms with Crippen LogP contribution in [0.25, 0.3) is 0 Å². The molecule has 1 aliphatic rings. The van der Waals surface area contributed by atoms with Crippen molar-refractivity contribution >= 4 is 17.6 Å². The fourth-order valence-corrected chi connectivity index (χ4v) is 4.53. The highest BCUT2D eigenvalue weighted by Crippen LogP contribution is 2.36. The topological polar surface area (TPSA) is 94.1 Å². The second-order valence-electron chi connectivity index (χ2n) is 9.21. The van der Waals surface area contributed by atoms with Crippen molar-refractivity contribution in [2.24, 2.45) is 5.41 Å². The molecule has 3 N–H and O–H groups in total. The number of aliphatic carboxylic acids is 1. The third-order valence-electron chi connectivity index (χ3n) is 6.67. The average Bonchev–Trinajstić information content (AvgIpc) is 3.23. The Bertz CT molecular complexity index is 1220. The van der Waals surface area contributed by atoms with Crippen LogP contribution >= 0.6 is 0 Å². The zero-order valence-corrected chi connectivity index (χ0v) is 19.7. The first-order valence-corrected chi connectivity index (χ1v) is 11.5. The summed E-state index contributed by atoms with van der Waals surface area (Å²) >= 11 is 0. The fourth-order valence-electron chi connectivity index (χ4n) is 4.53. The first kappa shape index (κ1) is 24.7. The summed E-state index contributed by atoms with van der Waals surface area (Å²) in [7, 11) is 0. The van der Waals surface area contributed by atoms with Crippen LogP contribution in [0, 0.1) is 36.7 Å². The van der Waals surface area contributed by atoms with Crippen molar-refractivity contribution in [3.05, 3.63) is 70.3 Å². The van der Waals surface area contributed by atoms with Gasteiger partial charge in [-0.25, -0.2) is 18.2 Å². The molecule has 1 fully saturated rings. The molecule has 0 radical (unpaired) electrons. The molecular formula is C25H28F3N5O2. The number of aromatic nitrogens is 3. The largest absolute Gasteiger partial charge is 0.481 e. The maximum absolute atomic E-state index is 15.0. The molecule has 0 bridgehead atoms. The van der Waals surface area contributed by atoms with Gasteiger partial charge in [-0.2, -0.15) is 5.10 Å². The quantitative estimate of drug-likeness (QED) is 0.432. The molecule has 7 nitrogen and oxygen atoms in total. The van der Waals surface area contributed by atoms with Crippen LogP contribution in [0.5, 0.6) is 0 Å². The highest BCUT2D eigenvalue weighted by molar-refractivity contribution is 5.75. The van der Waals surface area contributed by atoms with Crippen LogP contribution in [0.1, 0.15) is 35.4 Å². The van der Waals surface area contributed by atoms with E-state index in [1.807, 2.05) is 11.8 Å². The summed E-state index contributed by atoms with van der Waals surface area (Å²) in [6.07, 6.45) is 0.866. The molecular weight excluding hydrogens is 459 g/mol. The van der Waals surface area contributed by atoms with Gasteiger partial charge in [0, 0.05) is 24.7 Å². The number of pyridine rings is 1. The molecule has 0 spiro atoms. The smallest absolute Gasteiger partial charge is 0.310 e. The van der Waals surface area contributed by atoms with Crippen LogP contribution in [0.3, 0.4) is 0 Å². The summed E-state index contributed by atoms with van der Waals surface area (Å²) in [5.41, 5.74) is 0.432. The van der Waals surface area contributed by atoms with Crippen LogP contribution in [0.4, 0.5) is 24.8 Å². The lowest BCUT2D eigenvalue weighted by molar-refractivity contribution is -0.152. The average molecular weight is 488 g/mol. The second-order valence-corrected chi connectivity index (χ2v) is 9.21. The normalized spacial score (nSPS) is 15.8. The number of aromatic amines is 1. The Labute approximate surface area is 201 Å². The molecule has 1 saturated heterocycles. The van der Waals surface area contributed by atoms with E-state index in [2.05, 4.69) is 20.5 Å². The lowest BCUT2D eigenvalue weighted by Gasteiger charge is -2.39. The Morgan fingerprint density at radius 3 is 2.54 bits per heavy atom. The summed E-state index contributed by atoms with van der Waals surface area (Å²) in [4.78, 5) is 18.7. The summed E-state index contributed by atoms with van der Waals surface area (Å²) in [6, 6.07) is 7.44. The monoisotopic (exact) mass is 487 g/mol. The predicted molar refractivity (Wildman–Crippen MR) is 125 cm³/mol. The molecule has 186 valence electrons. The van der Waals surface area contributed by atoms with Gasteiger partial charge in [0.2, 0.25) is 0 Å². The fraction of sp³-hybridized carbons (Fsp3) is 0.400. The number of nitrogens with zero attached hydrogens (tertiary/aromatic N) is 3. The van der Waals surface area contributed by atoms with Crippen LogP contribution in [0.2, 0.25) is 0 Å². The van der Waals surface area contributed by atoms with Crippen molar-refractivity contribution in [2.75, 3.05) is 25.0 Å². The molecule has 3 aromatic rings. The Kier molecular flexibility index (Phi) is 7.11. The second kappa shape index (κ2) is 10.1. The first-order chi connectivity index (χ1) is 16.7. The minimum absolute atomic E-state index is 0.0452. The number of piperidine rings is 1. The molecule has 0 aliphatic carbocycles. The Hall–Kier alpha value is -3.40. The van der Waals surface area contributed by atoms with E-state index >= 15 is 0 Å². The van der Waals surface area contributed by atoms with Crippen LogP contribution in [0.15, 0.2) is 30.3 Å². The van der Waals surface area contributed by atoms with Gasteiger partial charge < -0.3 is 15.3 Å². The van der Waals surface area contributed by atoms with Crippen LogP contribution in [-0.4, -0.2) is 50.8 Å². The van der Waals surface area contributed by atoms with Gasteiger partial charge in [-0.05, 0) is 69.5 Å². The predicted octanol–water partition coefficient (Wildman–Crippen LogP) is 4.53. The molecule has 1 aromatic carbocycles. The van der Waals surface area contributed by atoms with Crippen molar-refractivity contribution in [3.8, 4) is 0 Å². The zero-order chi connectivity index (χ0) is 25.2. The number of benzene rings is 1. The number of nitrogens with one attached hydrogen (secondary N) is 2. The van der Waals surface area contributed by atoms with Gasteiger partial charge in [-0.1, -0.05) is 12.1 Å². The van der Waals surface area contributed by atoms with E-state index in [0.29, 0.717) is 61.7 Å². The molecule has 4 rings (SSSR count). The Balaban J connectivity index is 1.45. The highest BCUT2D eigenvalue weighted by atomic mass is 19.2. The first-order valence-electron chi connectivity index (χ1n) is 11.5. The molecule has 0 atom stereocenters. The molecule has 10 heteroatoms. The van der Waals surface area contributed by atoms with Gasteiger partial charge in [-0.15, -0.1) is 0 Å². The number of carboxylic acid groups (broad SMARTS) is 1. The number of carboxylic acids is 1. The number of rotatable bonds is 8. The lowest BCUT2D eigenvalue weighted by atomic mass is 9.74. The molecule has 1 aliphatic heterocycles. The third-order valence-corrected chi connectivity index (χ3v) is 6.67. The van der Waals surface area contributed by atoms with E-state index < -0.39 is 28.8 Å². The lowest BCUT2D eigenvalue weighted by Crippen LogP contribution is -2.46. The Morgan fingerprint density at radius 1 is 1.14 bits per heavy atom. The van der Waals surface area contributed by atoms with E-state index in [1.165, 1.54) is 6.07 Å². The number of hydrogen-bond donors (Lipinski definition) is 3. The number of hydrogen-bond acceptors (Lipinski definition) is 5. The number of aryl methyl sites for hydroxylation is 2. The molecule has 0 amide bonds. The zero-order valence-electron chi connectivity index (χ0n) is 19.7. The number of halogens is 3. The van der Waals surface area contributed by atoms with Crippen LogP contribution in [-0.2, 0) is 17.6 Å². The van der Waals surface area contributed by atoms with E-state index in [-0.39, 0.29) is 12.1 Å². The van der Waals surface area contributed by atoms with Crippen molar-refractivity contribution < 1.29 is 23.1 Å². The van der Waals surface area contributed by atoms with Gasteiger partial charge in [0.15, 0.2) is 17.5 Å². The summed E-state index contributed by atoms with van der Waals surface area (Å²) < 4.78 is 42.4. The maximum Gasteiger partial charge on any atom is 0.310 e. The number of anilines is 2. The van der Waals surface area contributed by atoms with Crippen LogP contribution < -0.4 is 5.32 Å². The van der Waals surface area contributed by atoms with Gasteiger partial charge in [-0.3, -0.25) is 9.89 Å². The minimum atomic E-state index is -1.16. The standard InChI is InChI=1S/C25H28F3N5O2/c1-15-12-20(30-21-13-16(2)31-32-21)29-19(22(15)27)14-25(24(34)35)7-10-33(11-8-25)9-6-17-4-3-5-18(26)23(17)28/h3-5,12-13H,6-11,14H2,1-2H3,(H,34,35)(H2,29,30,31,32). The number of likely N-dealkylation sites (tertiary alicyclic amines) is 1. The summed E-state index contributed by atoms with van der Waals surface area (Å²) in [5, 5.41) is 20.0. The van der Waals surface area contributed by atoms with E-state index in [4.69, 9.17) is 0 Å². The van der Waals surface area contributed by atoms with Crippen molar-refractivity contribution in [2.45, 2.75) is 39.5 Å². The molecule has 0 saturated carbocycles. The third kappa shape index (κ3) is 5.48. The van der Waals surface area contributed by atoms with E-state index in [9.17, 15) is 23.1 Å². The van der Waals surface area contributed by atoms with E-state index in [1.54, 1.807) is 25.1 Å². The summed E-state index contributed by atoms with van der Waals surface area (Å²) in [6.45, 7) is 4.85. The molecule has 35 heavy (non-hydrogen) atoms. The van der Waals surface area contributed by atoms with Crippen molar-refractivity contribution in [1.29, 1.82) is 0 Å². The summed E-state index contributed by atoms with van der Waals surface area (Å²) in [5.74, 6) is -2.31. The molecule has 2 aromatic heterocycles. The van der Waals surface area contributed by atoms with Gasteiger partial charge >= 0.3 is 5.97 Å². The Morgan fingerprint density at radius 2 is 1.89 bits per heavy atom. The molecule has 0 unspecified atom stereocenters. The molecule has 3 heterocycles. The van der Waals surface area contributed by atoms with Gasteiger partial charge in [0.05, 0.1) is 11.1 Å². The van der Waals surface area contributed by atoms with Gasteiger partial charge in [0.25, 0.3) is 0 Å².